The van der Waals surface area contributed by atoms with Crippen LogP contribution < -0.4 is 5.32 Å². The second kappa shape index (κ2) is 4.94. The Bertz CT molecular complexity index is 417. The third kappa shape index (κ3) is 2.49. The van der Waals surface area contributed by atoms with Gasteiger partial charge in [-0.25, -0.2) is 0 Å². The maximum absolute atomic E-state index is 4.26. The summed E-state index contributed by atoms with van der Waals surface area (Å²) in [4.78, 5) is 0. The topological polar surface area (TPSA) is 58.5 Å². The van der Waals surface area contributed by atoms with E-state index in [2.05, 4.69) is 40.7 Å². The third-order valence-electron chi connectivity index (χ3n) is 2.63. The van der Waals surface area contributed by atoms with Gasteiger partial charge in [-0.1, -0.05) is 0 Å². The molecule has 2 aromatic rings. The molecule has 0 aliphatic heterocycles. The predicted molar refractivity (Wildman–Crippen MR) is 61.7 cm³/mol. The van der Waals surface area contributed by atoms with Crippen molar-refractivity contribution >= 4 is 0 Å². The molecular formula is C11H17N5. The van der Waals surface area contributed by atoms with E-state index < -0.39 is 0 Å². The molecule has 0 radical (unpaired) electrons. The van der Waals surface area contributed by atoms with Crippen LogP contribution in [0.15, 0.2) is 24.7 Å². The smallest absolute Gasteiger partial charge is 0.0537 e. The zero-order valence-electron chi connectivity index (χ0n) is 9.64. The van der Waals surface area contributed by atoms with Crippen LogP contribution in [0.2, 0.25) is 0 Å². The number of aromatic amines is 1. The molecule has 16 heavy (non-hydrogen) atoms. The molecule has 5 nitrogen and oxygen atoms in total. The van der Waals surface area contributed by atoms with Gasteiger partial charge in [0.15, 0.2) is 0 Å². The Hall–Kier alpha value is -1.62. The number of aryl methyl sites for hydroxylation is 1. The summed E-state index contributed by atoms with van der Waals surface area (Å²) in [5.74, 6) is 0. The van der Waals surface area contributed by atoms with Crippen LogP contribution in [0.5, 0.6) is 0 Å². The fourth-order valence-electron chi connectivity index (χ4n) is 1.54. The van der Waals surface area contributed by atoms with Crippen molar-refractivity contribution in [2.45, 2.75) is 33.0 Å². The molecular weight excluding hydrogens is 202 g/mol. The molecule has 1 unspecified atom stereocenters. The number of nitrogens with one attached hydrogen (secondary N) is 2. The van der Waals surface area contributed by atoms with Gasteiger partial charge in [-0.05, 0) is 19.9 Å². The molecule has 0 saturated carbocycles. The van der Waals surface area contributed by atoms with Crippen LogP contribution in [0.25, 0.3) is 0 Å². The highest BCUT2D eigenvalue weighted by atomic mass is 15.3. The van der Waals surface area contributed by atoms with Gasteiger partial charge in [0.05, 0.1) is 6.20 Å². The van der Waals surface area contributed by atoms with Gasteiger partial charge in [-0.15, -0.1) is 0 Å². The Kier molecular flexibility index (Phi) is 3.36. The summed E-state index contributed by atoms with van der Waals surface area (Å²) < 4.78 is 1.93. The van der Waals surface area contributed by atoms with E-state index in [0.717, 1.165) is 18.8 Å². The first kappa shape index (κ1) is 10.9. The first-order valence-corrected chi connectivity index (χ1v) is 5.53. The van der Waals surface area contributed by atoms with Gasteiger partial charge in [-0.3, -0.25) is 9.78 Å². The maximum atomic E-state index is 4.26. The highest BCUT2D eigenvalue weighted by Gasteiger charge is 2.07. The van der Waals surface area contributed by atoms with Gasteiger partial charge < -0.3 is 5.32 Å². The van der Waals surface area contributed by atoms with E-state index >= 15 is 0 Å². The summed E-state index contributed by atoms with van der Waals surface area (Å²) in [7, 11) is 0. The van der Waals surface area contributed by atoms with E-state index in [1.54, 1.807) is 6.20 Å². The molecule has 0 spiro atoms. The van der Waals surface area contributed by atoms with E-state index in [1.807, 2.05) is 16.9 Å². The van der Waals surface area contributed by atoms with Crippen molar-refractivity contribution in [3.63, 3.8) is 0 Å². The van der Waals surface area contributed by atoms with E-state index in [4.69, 9.17) is 0 Å². The Morgan fingerprint density at radius 1 is 1.56 bits per heavy atom. The molecule has 0 bridgehead atoms. The SMILES string of the molecule is CCn1cc(C(C)NCc2ccn[nH]2)cn1. The number of nitrogens with zero attached hydrogens (tertiary/aromatic N) is 3. The lowest BCUT2D eigenvalue weighted by Crippen LogP contribution is -2.17. The first-order chi connectivity index (χ1) is 7.79. The maximum Gasteiger partial charge on any atom is 0.0537 e. The lowest BCUT2D eigenvalue weighted by molar-refractivity contribution is 0.565. The minimum Gasteiger partial charge on any atom is -0.304 e. The molecule has 5 heteroatoms. The molecule has 0 aliphatic rings. The van der Waals surface area contributed by atoms with Crippen molar-refractivity contribution in [3.8, 4) is 0 Å². The second-order valence-corrected chi connectivity index (χ2v) is 3.81. The number of H-pyrrole nitrogens is 1. The highest BCUT2D eigenvalue weighted by Crippen LogP contribution is 2.11. The average Bonchev–Trinajstić information content (AvgIpc) is 2.96. The van der Waals surface area contributed by atoms with E-state index in [0.29, 0.717) is 6.04 Å². The fraction of sp³-hybridized carbons (Fsp3) is 0.455. The quantitative estimate of drug-likeness (QED) is 0.800. The number of hydrogen-bond acceptors (Lipinski definition) is 3. The minimum atomic E-state index is 0.295. The van der Waals surface area contributed by atoms with Gasteiger partial charge in [0.2, 0.25) is 0 Å². The first-order valence-electron chi connectivity index (χ1n) is 5.53. The lowest BCUT2D eigenvalue weighted by atomic mass is 10.2. The fourth-order valence-corrected chi connectivity index (χ4v) is 1.54. The van der Waals surface area contributed by atoms with Gasteiger partial charge in [0, 0.05) is 42.8 Å². The lowest BCUT2D eigenvalue weighted by Gasteiger charge is -2.10. The highest BCUT2D eigenvalue weighted by molar-refractivity contribution is 5.09. The summed E-state index contributed by atoms with van der Waals surface area (Å²) >= 11 is 0. The second-order valence-electron chi connectivity index (χ2n) is 3.81. The van der Waals surface area contributed by atoms with Crippen molar-refractivity contribution < 1.29 is 0 Å². The van der Waals surface area contributed by atoms with Crippen LogP contribution in [-0.4, -0.2) is 20.0 Å². The summed E-state index contributed by atoms with van der Waals surface area (Å²) in [6.07, 6.45) is 5.75. The Morgan fingerprint density at radius 3 is 3.06 bits per heavy atom. The Balaban J connectivity index is 1.90. The summed E-state index contributed by atoms with van der Waals surface area (Å²) in [5, 5.41) is 14.5. The van der Waals surface area contributed by atoms with E-state index in [1.165, 1.54) is 5.56 Å². The van der Waals surface area contributed by atoms with Gasteiger partial charge in [0.1, 0.15) is 0 Å². The standard InChI is InChI=1S/C11H17N5/c1-3-16-8-10(6-14-16)9(2)12-7-11-4-5-13-15-11/h4-6,8-9,12H,3,7H2,1-2H3,(H,13,15). The third-order valence-corrected chi connectivity index (χ3v) is 2.63. The molecule has 1 atom stereocenters. The molecule has 2 aromatic heterocycles. The molecule has 86 valence electrons. The summed E-state index contributed by atoms with van der Waals surface area (Å²) in [6, 6.07) is 2.26. The summed E-state index contributed by atoms with van der Waals surface area (Å²) in [6.45, 7) is 5.92. The molecule has 0 saturated heterocycles. The molecule has 0 amide bonds. The zero-order valence-corrected chi connectivity index (χ0v) is 9.64. The van der Waals surface area contributed by atoms with Crippen LogP contribution in [0, 0.1) is 0 Å². The van der Waals surface area contributed by atoms with E-state index in [9.17, 15) is 0 Å². The normalized spacial score (nSPS) is 12.9. The van der Waals surface area contributed by atoms with Crippen molar-refractivity contribution in [2.75, 3.05) is 0 Å². The number of rotatable bonds is 5. The monoisotopic (exact) mass is 219 g/mol. The van der Waals surface area contributed by atoms with Gasteiger partial charge >= 0.3 is 0 Å². The van der Waals surface area contributed by atoms with Gasteiger partial charge in [0.25, 0.3) is 0 Å². The predicted octanol–water partition coefficient (Wildman–Crippen LogP) is 1.48. The molecule has 0 fully saturated rings. The van der Waals surface area contributed by atoms with Crippen LogP contribution in [0.4, 0.5) is 0 Å². The van der Waals surface area contributed by atoms with E-state index in [-0.39, 0.29) is 0 Å². The van der Waals surface area contributed by atoms with Crippen molar-refractivity contribution in [2.24, 2.45) is 0 Å². The van der Waals surface area contributed by atoms with Crippen LogP contribution >= 0.6 is 0 Å². The Labute approximate surface area is 94.9 Å². The number of hydrogen-bond donors (Lipinski definition) is 2. The molecule has 2 rings (SSSR count). The van der Waals surface area contributed by atoms with Crippen molar-refractivity contribution in [1.29, 1.82) is 0 Å². The number of aromatic nitrogens is 4. The summed E-state index contributed by atoms with van der Waals surface area (Å²) in [5.41, 5.74) is 2.30. The van der Waals surface area contributed by atoms with Crippen LogP contribution in [-0.2, 0) is 13.1 Å². The van der Waals surface area contributed by atoms with Crippen LogP contribution in [0.1, 0.15) is 31.1 Å². The molecule has 2 N–H and O–H groups in total. The van der Waals surface area contributed by atoms with Crippen LogP contribution in [0.3, 0.4) is 0 Å². The minimum absolute atomic E-state index is 0.295. The van der Waals surface area contributed by atoms with Gasteiger partial charge in [-0.2, -0.15) is 10.2 Å². The molecule has 0 aromatic carbocycles. The average molecular weight is 219 g/mol. The van der Waals surface area contributed by atoms with Crippen molar-refractivity contribution in [3.05, 3.63) is 35.9 Å². The van der Waals surface area contributed by atoms with Crippen molar-refractivity contribution in [1.82, 2.24) is 25.3 Å². The Morgan fingerprint density at radius 2 is 2.44 bits per heavy atom. The zero-order chi connectivity index (χ0) is 11.4. The molecule has 0 aliphatic carbocycles. The largest absolute Gasteiger partial charge is 0.304 e. The molecule has 2 heterocycles.